The maximum atomic E-state index is 12.6. The van der Waals surface area contributed by atoms with Crippen LogP contribution in [0.25, 0.3) is 0 Å². The van der Waals surface area contributed by atoms with Crippen LogP contribution in [-0.2, 0) is 13.0 Å². The molecule has 0 amide bonds. The standard InChI is InChI=1S/C19H22N6OS/c1-2-3-4-14-5-7-15(8-6-14)17(26)13-24-19(27)25(18(20)23-24)22-16-9-11-21-12-10-16/h5-12H,2-4,13H2,1H3,(H2,20,23)(H,21,22). The normalized spacial score (nSPS) is 10.7. The number of carbonyl (C=O) groups excluding carboxylic acids is 1. The number of anilines is 2. The van der Waals surface area contributed by atoms with E-state index in [0.29, 0.717) is 10.3 Å². The van der Waals surface area contributed by atoms with Crippen LogP contribution < -0.4 is 11.2 Å². The van der Waals surface area contributed by atoms with Gasteiger partial charge in [0.1, 0.15) is 6.54 Å². The van der Waals surface area contributed by atoms with E-state index >= 15 is 0 Å². The highest BCUT2D eigenvalue weighted by molar-refractivity contribution is 7.71. The largest absolute Gasteiger partial charge is 0.366 e. The van der Waals surface area contributed by atoms with Gasteiger partial charge in [0, 0.05) is 18.0 Å². The summed E-state index contributed by atoms with van der Waals surface area (Å²) in [6.45, 7) is 2.19. The van der Waals surface area contributed by atoms with E-state index in [9.17, 15) is 4.79 Å². The van der Waals surface area contributed by atoms with Gasteiger partial charge in [-0.2, -0.15) is 4.68 Å². The molecule has 3 N–H and O–H groups in total. The molecule has 0 atom stereocenters. The van der Waals surface area contributed by atoms with Crippen LogP contribution in [0.1, 0.15) is 35.7 Å². The molecular weight excluding hydrogens is 360 g/mol. The quantitative estimate of drug-likeness (QED) is 0.458. The predicted octanol–water partition coefficient (Wildman–Crippen LogP) is 3.49. The minimum Gasteiger partial charge on any atom is -0.366 e. The molecule has 0 saturated heterocycles. The van der Waals surface area contributed by atoms with E-state index in [-0.39, 0.29) is 18.3 Å². The summed E-state index contributed by atoms with van der Waals surface area (Å²) in [5.41, 5.74) is 11.6. The lowest BCUT2D eigenvalue weighted by molar-refractivity contribution is 0.0967. The van der Waals surface area contributed by atoms with Gasteiger partial charge in [0.15, 0.2) is 5.78 Å². The molecule has 0 aliphatic heterocycles. The zero-order valence-electron chi connectivity index (χ0n) is 15.1. The highest BCUT2D eigenvalue weighted by Crippen LogP contribution is 2.12. The van der Waals surface area contributed by atoms with Crippen LogP contribution in [0.3, 0.4) is 0 Å². The maximum absolute atomic E-state index is 12.6. The highest BCUT2D eigenvalue weighted by atomic mass is 32.1. The number of Topliss-reactive ketones (excluding diaryl/α,β-unsaturated/α-hetero) is 1. The van der Waals surface area contributed by atoms with Crippen molar-refractivity contribution in [1.29, 1.82) is 0 Å². The second kappa shape index (κ2) is 8.59. The van der Waals surface area contributed by atoms with E-state index in [4.69, 9.17) is 18.0 Å². The Labute approximate surface area is 162 Å². The van der Waals surface area contributed by atoms with E-state index in [1.54, 1.807) is 24.5 Å². The number of nitrogens with zero attached hydrogens (tertiary/aromatic N) is 4. The Hall–Kier alpha value is -3.00. The third-order valence-corrected chi connectivity index (χ3v) is 4.57. The minimum absolute atomic E-state index is 0.0301. The Kier molecular flexibility index (Phi) is 5.97. The Morgan fingerprint density at radius 3 is 2.56 bits per heavy atom. The van der Waals surface area contributed by atoms with Crippen molar-refractivity contribution in [3.05, 3.63) is 64.7 Å². The topological polar surface area (TPSA) is 90.8 Å². The maximum Gasteiger partial charge on any atom is 0.240 e. The number of nitrogens with two attached hydrogens (primary N) is 1. The van der Waals surface area contributed by atoms with Gasteiger partial charge in [-0.05, 0) is 42.8 Å². The second-order valence-corrected chi connectivity index (χ2v) is 6.57. The van der Waals surface area contributed by atoms with Gasteiger partial charge in [-0.3, -0.25) is 15.2 Å². The van der Waals surface area contributed by atoms with Crippen molar-refractivity contribution in [1.82, 2.24) is 19.4 Å². The van der Waals surface area contributed by atoms with Gasteiger partial charge in [-0.1, -0.05) is 37.6 Å². The van der Waals surface area contributed by atoms with E-state index in [1.165, 1.54) is 14.9 Å². The lowest BCUT2D eigenvalue weighted by Gasteiger charge is -2.07. The smallest absolute Gasteiger partial charge is 0.240 e. The molecule has 0 aliphatic carbocycles. The number of benzene rings is 1. The van der Waals surface area contributed by atoms with E-state index in [2.05, 4.69) is 22.4 Å². The zero-order valence-corrected chi connectivity index (χ0v) is 15.9. The van der Waals surface area contributed by atoms with E-state index < -0.39 is 0 Å². The lowest BCUT2D eigenvalue weighted by Crippen LogP contribution is -2.14. The molecule has 1 aromatic carbocycles. The van der Waals surface area contributed by atoms with Crippen LogP contribution in [0.4, 0.5) is 11.6 Å². The Balaban J connectivity index is 1.73. The van der Waals surface area contributed by atoms with Crippen molar-refractivity contribution in [3.8, 4) is 0 Å². The lowest BCUT2D eigenvalue weighted by atomic mass is 10.0. The molecule has 3 aromatic rings. The molecule has 3 rings (SSSR count). The summed E-state index contributed by atoms with van der Waals surface area (Å²) in [6.07, 6.45) is 6.62. The molecule has 0 unspecified atom stereocenters. The van der Waals surface area contributed by atoms with Crippen LogP contribution in [0.5, 0.6) is 0 Å². The number of aromatic nitrogens is 4. The van der Waals surface area contributed by atoms with Crippen molar-refractivity contribution < 1.29 is 4.79 Å². The average molecular weight is 382 g/mol. The predicted molar refractivity (Wildman–Crippen MR) is 108 cm³/mol. The molecule has 2 heterocycles. The molecule has 7 nitrogen and oxygen atoms in total. The fourth-order valence-corrected chi connectivity index (χ4v) is 2.90. The first kappa shape index (κ1) is 18.8. The summed E-state index contributed by atoms with van der Waals surface area (Å²) < 4.78 is 3.20. The number of nitrogen functional groups attached to an aromatic ring is 1. The van der Waals surface area contributed by atoms with Gasteiger partial charge in [0.2, 0.25) is 10.7 Å². The van der Waals surface area contributed by atoms with Gasteiger partial charge in [0.25, 0.3) is 0 Å². The van der Waals surface area contributed by atoms with Crippen LogP contribution >= 0.6 is 12.2 Å². The molecule has 0 saturated carbocycles. The Morgan fingerprint density at radius 1 is 1.19 bits per heavy atom. The number of nitrogens with one attached hydrogen (secondary N) is 1. The van der Waals surface area contributed by atoms with Gasteiger partial charge in [-0.25, -0.2) is 4.68 Å². The van der Waals surface area contributed by atoms with Gasteiger partial charge >= 0.3 is 0 Å². The summed E-state index contributed by atoms with van der Waals surface area (Å²) >= 11 is 5.40. The second-order valence-electron chi connectivity index (χ2n) is 6.21. The number of hydrogen-bond acceptors (Lipinski definition) is 6. The molecule has 2 aromatic heterocycles. The molecule has 0 radical (unpaired) electrons. The monoisotopic (exact) mass is 382 g/mol. The number of aryl methyl sites for hydroxylation is 1. The summed E-state index contributed by atoms with van der Waals surface area (Å²) in [5.74, 6) is 0.112. The number of pyridine rings is 1. The van der Waals surface area contributed by atoms with Crippen molar-refractivity contribution in [2.75, 3.05) is 11.2 Å². The van der Waals surface area contributed by atoms with Crippen LogP contribution in [0.2, 0.25) is 0 Å². The summed E-state index contributed by atoms with van der Waals surface area (Å²) in [5, 5.41) is 4.18. The molecule has 0 bridgehead atoms. The molecule has 0 fully saturated rings. The first-order valence-electron chi connectivity index (χ1n) is 8.83. The third kappa shape index (κ3) is 4.59. The first-order valence-corrected chi connectivity index (χ1v) is 9.24. The number of hydrogen-bond donors (Lipinski definition) is 2. The van der Waals surface area contributed by atoms with Crippen molar-refractivity contribution in [2.45, 2.75) is 32.7 Å². The van der Waals surface area contributed by atoms with Gasteiger partial charge in [-0.15, -0.1) is 5.10 Å². The van der Waals surface area contributed by atoms with Crippen molar-refractivity contribution in [3.63, 3.8) is 0 Å². The average Bonchev–Trinajstić information content (AvgIpc) is 2.95. The summed E-state index contributed by atoms with van der Waals surface area (Å²) in [7, 11) is 0. The Morgan fingerprint density at radius 2 is 1.89 bits per heavy atom. The Bertz CT molecular complexity index is 962. The minimum atomic E-state index is -0.0679. The van der Waals surface area contributed by atoms with Crippen molar-refractivity contribution in [2.24, 2.45) is 0 Å². The van der Waals surface area contributed by atoms with Gasteiger partial charge < -0.3 is 5.73 Å². The fraction of sp³-hybridized carbons (Fsp3) is 0.263. The molecular formula is C19H22N6OS. The first-order chi connectivity index (χ1) is 13.1. The van der Waals surface area contributed by atoms with Crippen LogP contribution in [0.15, 0.2) is 48.8 Å². The zero-order chi connectivity index (χ0) is 19.2. The molecule has 8 heteroatoms. The SMILES string of the molecule is CCCCc1ccc(C(=O)Cn2nc(N)n(Nc3ccncc3)c2=S)cc1. The van der Waals surface area contributed by atoms with Crippen LogP contribution in [0, 0.1) is 4.77 Å². The highest BCUT2D eigenvalue weighted by Gasteiger charge is 2.13. The molecule has 0 spiro atoms. The third-order valence-electron chi connectivity index (χ3n) is 4.17. The van der Waals surface area contributed by atoms with Crippen molar-refractivity contribution >= 4 is 29.6 Å². The number of carbonyl (C=O) groups is 1. The van der Waals surface area contributed by atoms with E-state index in [1.807, 2.05) is 24.3 Å². The molecule has 27 heavy (non-hydrogen) atoms. The molecule has 0 aliphatic rings. The number of unbranched alkanes of at least 4 members (excludes halogenated alkanes) is 1. The summed E-state index contributed by atoms with van der Waals surface area (Å²) in [6, 6.07) is 11.3. The number of rotatable bonds is 8. The number of ketones is 1. The summed E-state index contributed by atoms with van der Waals surface area (Å²) in [4.78, 5) is 16.5. The molecule has 140 valence electrons. The van der Waals surface area contributed by atoms with Gasteiger partial charge in [0.05, 0.1) is 5.69 Å². The van der Waals surface area contributed by atoms with E-state index in [0.717, 1.165) is 24.9 Å². The fourth-order valence-electron chi connectivity index (χ4n) is 2.65. The van der Waals surface area contributed by atoms with Crippen LogP contribution in [-0.4, -0.2) is 25.2 Å².